The number of aliphatic imine (C=N–C) groups is 1. The van der Waals surface area contributed by atoms with Crippen LogP contribution in [0.2, 0.25) is 0 Å². The van der Waals surface area contributed by atoms with E-state index in [9.17, 15) is 14.0 Å². The number of anilines is 1. The highest BCUT2D eigenvalue weighted by atomic mass is 32.2. The molecule has 2 amide bonds. The summed E-state index contributed by atoms with van der Waals surface area (Å²) >= 11 is 1.13. The molecule has 3 rings (SSSR count). The molecule has 0 radical (unpaired) electrons. The van der Waals surface area contributed by atoms with Crippen LogP contribution in [-0.2, 0) is 9.59 Å². The van der Waals surface area contributed by atoms with Crippen LogP contribution in [0.25, 0.3) is 0 Å². The van der Waals surface area contributed by atoms with Crippen molar-refractivity contribution in [1.82, 2.24) is 5.32 Å². The van der Waals surface area contributed by atoms with E-state index >= 15 is 0 Å². The van der Waals surface area contributed by atoms with Gasteiger partial charge in [-0.2, -0.15) is 0 Å². The summed E-state index contributed by atoms with van der Waals surface area (Å²) in [6.07, 6.45) is 0.00591. The standard InChI is InChI=1S/C19H18FN3O4S/c1-26-13-7-8-15(27-2)14(9-13)22-19-23-17(24)10-16(28-19)18(25)21-12-5-3-11(20)4-6-12/h3-9,16H,10H2,1-2H3,(H,21,25)(H,22,23,24)/t16-/m0/s1. The normalized spacial score (nSPS) is 17.8. The lowest BCUT2D eigenvalue weighted by molar-refractivity contribution is -0.123. The van der Waals surface area contributed by atoms with Gasteiger partial charge < -0.3 is 20.1 Å². The Morgan fingerprint density at radius 3 is 2.64 bits per heavy atom. The van der Waals surface area contributed by atoms with Crippen LogP contribution in [-0.4, -0.2) is 36.5 Å². The van der Waals surface area contributed by atoms with Crippen LogP contribution in [0, 0.1) is 5.82 Å². The van der Waals surface area contributed by atoms with Crippen molar-refractivity contribution in [3.63, 3.8) is 0 Å². The molecule has 9 heteroatoms. The van der Waals surface area contributed by atoms with E-state index in [2.05, 4.69) is 15.6 Å². The molecule has 1 heterocycles. The van der Waals surface area contributed by atoms with E-state index in [1.165, 1.54) is 38.5 Å². The summed E-state index contributed by atoms with van der Waals surface area (Å²) in [6.45, 7) is 0. The highest BCUT2D eigenvalue weighted by Crippen LogP contribution is 2.33. The lowest BCUT2D eigenvalue weighted by Crippen LogP contribution is -2.41. The molecule has 1 saturated heterocycles. The Labute approximate surface area is 165 Å². The number of halogens is 1. The minimum Gasteiger partial charge on any atom is -0.497 e. The first-order valence-corrected chi connectivity index (χ1v) is 9.20. The van der Waals surface area contributed by atoms with Crippen LogP contribution in [0.5, 0.6) is 11.5 Å². The molecule has 1 atom stereocenters. The number of ether oxygens (including phenoxy) is 2. The number of hydrogen-bond donors (Lipinski definition) is 2. The minimum absolute atomic E-state index is 0.00591. The first-order chi connectivity index (χ1) is 13.5. The summed E-state index contributed by atoms with van der Waals surface area (Å²) in [4.78, 5) is 29.0. The van der Waals surface area contributed by atoms with Gasteiger partial charge in [-0.25, -0.2) is 9.38 Å². The number of nitrogens with one attached hydrogen (secondary N) is 2. The van der Waals surface area contributed by atoms with Gasteiger partial charge in [-0.1, -0.05) is 11.8 Å². The van der Waals surface area contributed by atoms with Crippen LogP contribution in [0.4, 0.5) is 15.8 Å². The fourth-order valence-electron chi connectivity index (χ4n) is 2.49. The number of hydrogen-bond acceptors (Lipinski definition) is 6. The predicted molar refractivity (Wildman–Crippen MR) is 106 cm³/mol. The van der Waals surface area contributed by atoms with E-state index < -0.39 is 11.1 Å². The zero-order chi connectivity index (χ0) is 20.1. The number of rotatable bonds is 5. The van der Waals surface area contributed by atoms with Crippen molar-refractivity contribution in [2.24, 2.45) is 4.99 Å². The van der Waals surface area contributed by atoms with E-state index in [-0.39, 0.29) is 23.4 Å². The maximum Gasteiger partial charge on any atom is 0.238 e. The second-order valence-electron chi connectivity index (χ2n) is 5.81. The van der Waals surface area contributed by atoms with Gasteiger partial charge in [-0.05, 0) is 36.4 Å². The van der Waals surface area contributed by atoms with Crippen LogP contribution in [0.15, 0.2) is 47.5 Å². The summed E-state index contributed by atoms with van der Waals surface area (Å²) < 4.78 is 23.5. The fourth-order valence-corrected chi connectivity index (χ4v) is 3.49. The van der Waals surface area contributed by atoms with E-state index in [1.807, 2.05) is 0 Å². The number of benzene rings is 2. The number of amidine groups is 1. The Kier molecular flexibility index (Phi) is 6.15. The van der Waals surface area contributed by atoms with E-state index in [0.29, 0.717) is 22.9 Å². The third-order valence-electron chi connectivity index (χ3n) is 3.88. The van der Waals surface area contributed by atoms with Crippen molar-refractivity contribution in [3.8, 4) is 11.5 Å². The molecule has 1 aliphatic heterocycles. The Hall–Kier alpha value is -3.07. The van der Waals surface area contributed by atoms with Crippen molar-refractivity contribution < 1.29 is 23.5 Å². The summed E-state index contributed by atoms with van der Waals surface area (Å²) in [6, 6.07) is 10.5. The average Bonchev–Trinajstić information content (AvgIpc) is 2.69. The maximum absolute atomic E-state index is 13.0. The number of thioether (sulfide) groups is 1. The van der Waals surface area contributed by atoms with Gasteiger partial charge in [0.25, 0.3) is 0 Å². The zero-order valence-electron chi connectivity index (χ0n) is 15.2. The van der Waals surface area contributed by atoms with Gasteiger partial charge in [-0.3, -0.25) is 9.59 Å². The SMILES string of the molecule is COc1ccc(OC)c(N=C2NC(=O)C[C@@H](C(=O)Nc3ccc(F)cc3)S2)c1. The molecule has 7 nitrogen and oxygen atoms in total. The van der Waals surface area contributed by atoms with Gasteiger partial charge in [0.1, 0.15) is 28.3 Å². The molecule has 146 valence electrons. The van der Waals surface area contributed by atoms with Gasteiger partial charge in [0.05, 0.1) is 14.2 Å². The quantitative estimate of drug-likeness (QED) is 0.801. The third kappa shape index (κ3) is 4.80. The molecular formula is C19H18FN3O4S. The van der Waals surface area contributed by atoms with Crippen LogP contribution in [0.3, 0.4) is 0 Å². The minimum atomic E-state index is -0.672. The molecule has 1 aliphatic rings. The van der Waals surface area contributed by atoms with Crippen molar-refractivity contribution in [2.75, 3.05) is 19.5 Å². The van der Waals surface area contributed by atoms with Crippen LogP contribution in [0.1, 0.15) is 6.42 Å². The zero-order valence-corrected chi connectivity index (χ0v) is 16.0. The number of amides is 2. The molecule has 0 spiro atoms. The molecule has 28 heavy (non-hydrogen) atoms. The third-order valence-corrected chi connectivity index (χ3v) is 4.97. The molecule has 0 aliphatic carbocycles. The summed E-state index contributed by atoms with van der Waals surface area (Å²) in [5.74, 6) is 0.000355. The molecule has 2 N–H and O–H groups in total. The Balaban J connectivity index is 1.78. The smallest absolute Gasteiger partial charge is 0.238 e. The first-order valence-electron chi connectivity index (χ1n) is 8.32. The Bertz CT molecular complexity index is 918. The number of nitrogens with zero attached hydrogens (tertiary/aromatic N) is 1. The summed E-state index contributed by atoms with van der Waals surface area (Å²) in [5, 5.41) is 4.94. The van der Waals surface area contributed by atoms with E-state index in [1.54, 1.807) is 18.2 Å². The van der Waals surface area contributed by atoms with E-state index in [4.69, 9.17) is 9.47 Å². The second-order valence-corrected chi connectivity index (χ2v) is 7.00. The first kappa shape index (κ1) is 19.7. The Morgan fingerprint density at radius 2 is 1.96 bits per heavy atom. The molecule has 1 fully saturated rings. The van der Waals surface area contributed by atoms with Crippen LogP contribution < -0.4 is 20.1 Å². The van der Waals surface area contributed by atoms with Gasteiger partial charge in [0, 0.05) is 18.2 Å². The largest absolute Gasteiger partial charge is 0.497 e. The van der Waals surface area contributed by atoms with Gasteiger partial charge in [0.15, 0.2) is 5.17 Å². The molecule has 0 unspecified atom stereocenters. The summed E-state index contributed by atoms with van der Waals surface area (Å²) in [7, 11) is 3.04. The van der Waals surface area contributed by atoms with Gasteiger partial charge in [0.2, 0.25) is 11.8 Å². The molecule has 0 aromatic heterocycles. The van der Waals surface area contributed by atoms with Crippen molar-refractivity contribution >= 4 is 40.1 Å². The topological polar surface area (TPSA) is 89.0 Å². The maximum atomic E-state index is 13.0. The van der Waals surface area contributed by atoms with E-state index in [0.717, 1.165) is 11.8 Å². The number of carbonyl (C=O) groups is 2. The van der Waals surface area contributed by atoms with Gasteiger partial charge in [-0.15, -0.1) is 0 Å². The lowest BCUT2D eigenvalue weighted by Gasteiger charge is -2.22. The fraction of sp³-hybridized carbons (Fsp3) is 0.211. The lowest BCUT2D eigenvalue weighted by atomic mass is 10.2. The molecular weight excluding hydrogens is 385 g/mol. The van der Waals surface area contributed by atoms with Crippen molar-refractivity contribution in [2.45, 2.75) is 11.7 Å². The highest BCUT2D eigenvalue weighted by molar-refractivity contribution is 8.15. The Morgan fingerprint density at radius 1 is 1.21 bits per heavy atom. The predicted octanol–water partition coefficient (Wildman–Crippen LogP) is 3.09. The monoisotopic (exact) mass is 403 g/mol. The molecule has 2 aromatic carbocycles. The molecule has 0 saturated carbocycles. The average molecular weight is 403 g/mol. The molecule has 0 bridgehead atoms. The summed E-state index contributed by atoms with van der Waals surface area (Å²) in [5.41, 5.74) is 0.912. The van der Waals surface area contributed by atoms with Crippen LogP contribution >= 0.6 is 11.8 Å². The second kappa shape index (κ2) is 8.75. The number of carbonyl (C=O) groups excluding carboxylic acids is 2. The van der Waals surface area contributed by atoms with Gasteiger partial charge >= 0.3 is 0 Å². The highest BCUT2D eigenvalue weighted by Gasteiger charge is 2.30. The van der Waals surface area contributed by atoms with Crippen molar-refractivity contribution in [3.05, 3.63) is 48.3 Å². The van der Waals surface area contributed by atoms with Crippen molar-refractivity contribution in [1.29, 1.82) is 0 Å². The molecule has 2 aromatic rings. The number of methoxy groups -OCH3 is 2.